The molecule has 3 rings (SSSR count). The van der Waals surface area contributed by atoms with Gasteiger partial charge in [0.2, 0.25) is 5.95 Å². The molecule has 0 saturated heterocycles. The number of nitrogens with one attached hydrogen (secondary N) is 2. The van der Waals surface area contributed by atoms with Crippen LogP contribution in [-0.2, 0) is 6.18 Å². The number of hydrogen-bond acceptors (Lipinski definition) is 8. The second-order valence-electron chi connectivity index (χ2n) is 6.39. The molecule has 2 aromatic carbocycles. The predicted molar refractivity (Wildman–Crippen MR) is 110 cm³/mol. The van der Waals surface area contributed by atoms with Crippen molar-refractivity contribution >= 4 is 23.8 Å². The summed E-state index contributed by atoms with van der Waals surface area (Å²) in [5.74, 6) is -0.591. The molecule has 0 bridgehead atoms. The van der Waals surface area contributed by atoms with Crippen molar-refractivity contribution in [3.8, 4) is 11.8 Å². The zero-order valence-corrected chi connectivity index (χ0v) is 17.3. The third-order valence-electron chi connectivity index (χ3n) is 3.83. The number of aromatic nitrogens is 3. The second kappa shape index (κ2) is 10.2. The number of benzene rings is 2. The minimum atomic E-state index is -4.80. The van der Waals surface area contributed by atoms with E-state index in [1.807, 2.05) is 0 Å². The van der Waals surface area contributed by atoms with Crippen LogP contribution < -0.4 is 20.2 Å². The topological polar surface area (TPSA) is 93.5 Å². The summed E-state index contributed by atoms with van der Waals surface area (Å²) in [5.41, 5.74) is 2.16. The third-order valence-corrected chi connectivity index (χ3v) is 3.83. The van der Waals surface area contributed by atoms with Gasteiger partial charge in [0.05, 0.1) is 18.4 Å². The van der Waals surface area contributed by atoms with E-state index in [-0.39, 0.29) is 36.0 Å². The van der Waals surface area contributed by atoms with Crippen LogP contribution in [0, 0.1) is 0 Å². The molecule has 0 radical (unpaired) electrons. The van der Waals surface area contributed by atoms with Gasteiger partial charge in [0.15, 0.2) is 0 Å². The van der Waals surface area contributed by atoms with Gasteiger partial charge in [-0.25, -0.2) is 5.43 Å². The van der Waals surface area contributed by atoms with E-state index in [1.165, 1.54) is 30.5 Å². The van der Waals surface area contributed by atoms with Crippen LogP contribution in [0.4, 0.5) is 43.9 Å². The maximum atomic E-state index is 12.9. The summed E-state index contributed by atoms with van der Waals surface area (Å²) in [5, 5.41) is 6.54. The Labute approximate surface area is 188 Å². The largest absolute Gasteiger partial charge is 0.573 e. The highest BCUT2D eigenvalue weighted by molar-refractivity contribution is 5.80. The molecule has 0 fully saturated rings. The number of alkyl halides is 6. The minimum Gasteiger partial charge on any atom is -0.464 e. The van der Waals surface area contributed by atoms with E-state index in [0.717, 1.165) is 24.3 Å². The lowest BCUT2D eigenvalue weighted by atomic mass is 10.2. The summed E-state index contributed by atoms with van der Waals surface area (Å²) in [6.45, 7) is 1.89. The lowest BCUT2D eigenvalue weighted by Gasteiger charge is -2.11. The van der Waals surface area contributed by atoms with Crippen molar-refractivity contribution in [2.45, 2.75) is 19.5 Å². The van der Waals surface area contributed by atoms with E-state index >= 15 is 0 Å². The fraction of sp³-hybridized carbons (Fsp3) is 0.200. The highest BCUT2D eigenvalue weighted by atomic mass is 19.4. The van der Waals surface area contributed by atoms with Crippen molar-refractivity contribution in [3.05, 3.63) is 59.7 Å². The maximum absolute atomic E-state index is 12.9. The van der Waals surface area contributed by atoms with Gasteiger partial charge in [-0.05, 0) is 55.0 Å². The Hall–Kier alpha value is -4.10. The summed E-state index contributed by atoms with van der Waals surface area (Å²) in [6.07, 6.45) is -8.04. The molecule has 0 aliphatic heterocycles. The maximum Gasteiger partial charge on any atom is 0.573 e. The van der Waals surface area contributed by atoms with Crippen molar-refractivity contribution in [2.24, 2.45) is 5.10 Å². The molecular weight excluding hydrogens is 470 g/mol. The van der Waals surface area contributed by atoms with Crippen molar-refractivity contribution in [1.29, 1.82) is 0 Å². The molecule has 1 heterocycles. The Morgan fingerprint density at radius 3 is 2.29 bits per heavy atom. The standard InChI is InChI=1S/C20H16F6N6O2/c1-2-33-18-30-16(28-14-5-3-4-13(10-14)19(21,22)23)29-17(31-18)32-27-11-12-6-8-15(9-7-12)34-20(24,25)26/h3-11H,2H2,1H3,(H2,28,29,30,31,32)/b27-11+. The van der Waals surface area contributed by atoms with Gasteiger partial charge >= 0.3 is 18.5 Å². The Morgan fingerprint density at radius 1 is 0.941 bits per heavy atom. The van der Waals surface area contributed by atoms with Gasteiger partial charge in [-0.1, -0.05) is 6.07 Å². The monoisotopic (exact) mass is 486 g/mol. The second-order valence-corrected chi connectivity index (χ2v) is 6.39. The van der Waals surface area contributed by atoms with E-state index < -0.39 is 18.1 Å². The summed E-state index contributed by atoms with van der Waals surface area (Å²) >= 11 is 0. The molecule has 0 amide bonds. The minimum absolute atomic E-state index is 0.0825. The first-order valence-electron chi connectivity index (χ1n) is 9.50. The number of halogens is 6. The lowest BCUT2D eigenvalue weighted by molar-refractivity contribution is -0.274. The Kier molecular flexibility index (Phi) is 7.38. The van der Waals surface area contributed by atoms with Gasteiger partial charge in [0.1, 0.15) is 5.75 Å². The van der Waals surface area contributed by atoms with E-state index in [4.69, 9.17) is 4.74 Å². The van der Waals surface area contributed by atoms with Crippen LogP contribution in [0.25, 0.3) is 0 Å². The molecule has 0 spiro atoms. The molecule has 0 saturated carbocycles. The smallest absolute Gasteiger partial charge is 0.464 e. The van der Waals surface area contributed by atoms with Crippen LogP contribution in [0.3, 0.4) is 0 Å². The zero-order valence-electron chi connectivity index (χ0n) is 17.3. The fourth-order valence-corrected chi connectivity index (χ4v) is 2.48. The number of hydrazone groups is 1. The number of anilines is 3. The molecule has 2 N–H and O–H groups in total. The third kappa shape index (κ3) is 7.50. The van der Waals surface area contributed by atoms with Crippen LogP contribution in [0.5, 0.6) is 11.8 Å². The number of nitrogens with zero attached hydrogens (tertiary/aromatic N) is 4. The van der Waals surface area contributed by atoms with Crippen molar-refractivity contribution in [2.75, 3.05) is 17.3 Å². The van der Waals surface area contributed by atoms with Crippen LogP contribution in [-0.4, -0.2) is 34.1 Å². The summed E-state index contributed by atoms with van der Waals surface area (Å²) in [6, 6.07) is 9.23. The molecule has 1 aromatic heterocycles. The van der Waals surface area contributed by atoms with E-state index in [2.05, 4.69) is 35.5 Å². The highest BCUT2D eigenvalue weighted by Crippen LogP contribution is 2.31. The quantitative estimate of drug-likeness (QED) is 0.251. The summed E-state index contributed by atoms with van der Waals surface area (Å²) in [4.78, 5) is 12.0. The Balaban J connectivity index is 1.73. The summed E-state index contributed by atoms with van der Waals surface area (Å²) < 4.78 is 84.5. The number of rotatable bonds is 8. The van der Waals surface area contributed by atoms with Gasteiger partial charge in [-0.3, -0.25) is 0 Å². The lowest BCUT2D eigenvalue weighted by Crippen LogP contribution is -2.17. The first-order chi connectivity index (χ1) is 16.0. The molecule has 0 unspecified atom stereocenters. The molecule has 0 aliphatic rings. The van der Waals surface area contributed by atoms with Crippen LogP contribution in [0.2, 0.25) is 0 Å². The molecule has 180 valence electrons. The van der Waals surface area contributed by atoms with Crippen molar-refractivity contribution in [1.82, 2.24) is 15.0 Å². The number of ether oxygens (including phenoxy) is 2. The fourth-order valence-electron chi connectivity index (χ4n) is 2.48. The van der Waals surface area contributed by atoms with E-state index in [0.29, 0.717) is 5.56 Å². The van der Waals surface area contributed by atoms with Crippen molar-refractivity contribution in [3.63, 3.8) is 0 Å². The highest BCUT2D eigenvalue weighted by Gasteiger charge is 2.31. The first kappa shape index (κ1) is 24.5. The first-order valence-corrected chi connectivity index (χ1v) is 9.50. The number of hydrogen-bond donors (Lipinski definition) is 2. The van der Waals surface area contributed by atoms with Gasteiger partial charge in [-0.15, -0.1) is 13.2 Å². The molecule has 0 atom stereocenters. The molecule has 8 nitrogen and oxygen atoms in total. The predicted octanol–water partition coefficient (Wildman–Crippen LogP) is 5.38. The van der Waals surface area contributed by atoms with Crippen LogP contribution >= 0.6 is 0 Å². The molecule has 3 aromatic rings. The van der Waals surface area contributed by atoms with E-state index in [1.54, 1.807) is 6.92 Å². The normalized spacial score (nSPS) is 12.0. The molecule has 34 heavy (non-hydrogen) atoms. The summed E-state index contributed by atoms with van der Waals surface area (Å²) in [7, 11) is 0. The SMILES string of the molecule is CCOc1nc(N/N=C/c2ccc(OC(F)(F)F)cc2)nc(Nc2cccc(C(F)(F)F)c2)n1. The van der Waals surface area contributed by atoms with Gasteiger partial charge in [0.25, 0.3) is 5.95 Å². The van der Waals surface area contributed by atoms with Gasteiger partial charge < -0.3 is 14.8 Å². The van der Waals surface area contributed by atoms with Gasteiger partial charge in [-0.2, -0.15) is 33.2 Å². The molecular formula is C20H16F6N6O2. The Morgan fingerprint density at radius 2 is 1.65 bits per heavy atom. The van der Waals surface area contributed by atoms with Gasteiger partial charge in [0, 0.05) is 5.69 Å². The molecule has 0 aliphatic carbocycles. The average molecular weight is 486 g/mol. The zero-order chi connectivity index (χ0) is 24.8. The Bertz CT molecular complexity index is 1140. The van der Waals surface area contributed by atoms with E-state index in [9.17, 15) is 26.3 Å². The van der Waals surface area contributed by atoms with Crippen molar-refractivity contribution < 1.29 is 35.8 Å². The average Bonchev–Trinajstić information content (AvgIpc) is 2.74. The molecule has 14 heteroatoms. The van der Waals surface area contributed by atoms with Crippen LogP contribution in [0.1, 0.15) is 18.1 Å². The van der Waals surface area contributed by atoms with Crippen LogP contribution in [0.15, 0.2) is 53.6 Å².